The number of allylic oxidation sites excluding steroid dienone is 3. The molecule has 0 aromatic heterocycles. The molecule has 0 radical (unpaired) electrons. The minimum absolute atomic E-state index is 0.248. The Morgan fingerprint density at radius 1 is 1.25 bits per heavy atom. The summed E-state index contributed by atoms with van der Waals surface area (Å²) in [4.78, 5) is 10.2. The summed E-state index contributed by atoms with van der Waals surface area (Å²) < 4.78 is 4.67. The maximum absolute atomic E-state index is 10.2. The molecule has 3 nitrogen and oxygen atoms in total. The molecule has 0 saturated heterocycles. The molecule has 0 spiro atoms. The third kappa shape index (κ3) is 3.40. The third-order valence-corrected chi connectivity index (χ3v) is 3.32. The molecule has 0 aromatic rings. The topological polar surface area (TPSA) is 46.5 Å². The summed E-state index contributed by atoms with van der Waals surface area (Å²) >= 11 is 0. The molecule has 0 aliphatic heterocycles. The summed E-state index contributed by atoms with van der Waals surface area (Å²) in [6.07, 6.45) is 9.19. The highest BCUT2D eigenvalue weighted by atomic mass is 16.5. The Labute approximate surface area is 96.8 Å². The van der Waals surface area contributed by atoms with Gasteiger partial charge in [0.1, 0.15) is 5.76 Å². The Bertz CT molecular complexity index is 303. The van der Waals surface area contributed by atoms with Crippen molar-refractivity contribution in [3.05, 3.63) is 23.5 Å². The van der Waals surface area contributed by atoms with Gasteiger partial charge in [0.25, 0.3) is 0 Å². The minimum Gasteiger partial charge on any atom is -0.501 e. The molecule has 0 aromatic carbocycles. The molecular formula is C13H20O3. The van der Waals surface area contributed by atoms with Gasteiger partial charge in [0.15, 0.2) is 0 Å². The van der Waals surface area contributed by atoms with Crippen LogP contribution in [0.4, 0.5) is 0 Å². The van der Waals surface area contributed by atoms with Crippen LogP contribution in [0.3, 0.4) is 0 Å². The molecule has 2 bridgehead atoms. The number of methoxy groups -OCH3 is 1. The van der Waals surface area contributed by atoms with Crippen molar-refractivity contribution in [3.63, 3.8) is 0 Å². The molecule has 1 saturated carbocycles. The monoisotopic (exact) mass is 224 g/mol. The summed E-state index contributed by atoms with van der Waals surface area (Å²) in [7, 11) is 1.45. The molecule has 1 fully saturated rings. The van der Waals surface area contributed by atoms with E-state index in [9.17, 15) is 4.79 Å². The van der Waals surface area contributed by atoms with Gasteiger partial charge in [-0.1, -0.05) is 12.2 Å². The van der Waals surface area contributed by atoms with E-state index in [2.05, 4.69) is 16.9 Å². The Kier molecular flexibility index (Phi) is 4.59. The lowest BCUT2D eigenvalue weighted by Crippen LogP contribution is -2.00. The lowest BCUT2D eigenvalue weighted by Gasteiger charge is -1.99. The Morgan fingerprint density at radius 2 is 1.75 bits per heavy atom. The van der Waals surface area contributed by atoms with Gasteiger partial charge in [-0.2, -0.15) is 0 Å². The largest absolute Gasteiger partial charge is 0.501 e. The van der Waals surface area contributed by atoms with Crippen molar-refractivity contribution in [2.45, 2.75) is 33.1 Å². The van der Waals surface area contributed by atoms with Crippen molar-refractivity contribution in [2.75, 3.05) is 7.11 Å². The summed E-state index contributed by atoms with van der Waals surface area (Å²) in [6.45, 7) is 3.12. The van der Waals surface area contributed by atoms with Crippen LogP contribution in [0.15, 0.2) is 23.5 Å². The van der Waals surface area contributed by atoms with E-state index in [0.29, 0.717) is 5.76 Å². The van der Waals surface area contributed by atoms with Crippen LogP contribution < -0.4 is 0 Å². The SMILES string of the molecule is C1=CC2CCC1C2.COC(C)=C(C)C(=O)O. The minimum atomic E-state index is -0.936. The van der Waals surface area contributed by atoms with Gasteiger partial charge in [-0.15, -0.1) is 0 Å². The van der Waals surface area contributed by atoms with Crippen LogP contribution in [0.5, 0.6) is 0 Å². The Hall–Kier alpha value is -1.25. The van der Waals surface area contributed by atoms with Gasteiger partial charge in [-0.25, -0.2) is 4.79 Å². The highest BCUT2D eigenvalue weighted by Gasteiger charge is 2.25. The van der Waals surface area contributed by atoms with Crippen molar-refractivity contribution in [1.29, 1.82) is 0 Å². The first-order valence-electron chi connectivity index (χ1n) is 5.67. The van der Waals surface area contributed by atoms with Crippen molar-refractivity contribution in [3.8, 4) is 0 Å². The average Bonchev–Trinajstić information content (AvgIpc) is 2.91. The van der Waals surface area contributed by atoms with Crippen molar-refractivity contribution in [2.24, 2.45) is 11.8 Å². The van der Waals surface area contributed by atoms with Crippen molar-refractivity contribution in [1.82, 2.24) is 0 Å². The maximum atomic E-state index is 10.2. The molecular weight excluding hydrogens is 204 g/mol. The quantitative estimate of drug-likeness (QED) is 0.445. The normalized spacial score (nSPS) is 26.9. The number of rotatable bonds is 2. The van der Waals surface area contributed by atoms with Crippen LogP contribution >= 0.6 is 0 Å². The predicted octanol–water partition coefficient (Wildman–Crippen LogP) is 2.98. The molecule has 2 atom stereocenters. The van der Waals surface area contributed by atoms with Crippen LogP contribution in [-0.4, -0.2) is 18.2 Å². The number of fused-ring (bicyclic) bond motifs is 2. The number of aliphatic carboxylic acids is 1. The van der Waals surface area contributed by atoms with Gasteiger partial charge in [0.2, 0.25) is 0 Å². The molecule has 2 aliphatic rings. The van der Waals surface area contributed by atoms with Gasteiger partial charge in [0, 0.05) is 0 Å². The second-order valence-corrected chi connectivity index (χ2v) is 4.41. The van der Waals surface area contributed by atoms with E-state index in [1.165, 1.54) is 33.3 Å². The van der Waals surface area contributed by atoms with Crippen LogP contribution in [-0.2, 0) is 9.53 Å². The van der Waals surface area contributed by atoms with Crippen LogP contribution in [0, 0.1) is 11.8 Å². The average molecular weight is 224 g/mol. The zero-order valence-electron chi connectivity index (χ0n) is 10.2. The summed E-state index contributed by atoms with van der Waals surface area (Å²) in [5.74, 6) is 1.49. The van der Waals surface area contributed by atoms with Crippen LogP contribution in [0.25, 0.3) is 0 Å². The molecule has 0 amide bonds. The number of carboxylic acids is 1. The highest BCUT2D eigenvalue weighted by Crippen LogP contribution is 2.38. The van der Waals surface area contributed by atoms with Gasteiger partial charge in [-0.05, 0) is 44.9 Å². The predicted molar refractivity (Wildman–Crippen MR) is 63.0 cm³/mol. The van der Waals surface area contributed by atoms with Gasteiger partial charge < -0.3 is 9.84 Å². The summed E-state index contributed by atoms with van der Waals surface area (Å²) in [5, 5.41) is 8.35. The molecule has 0 heterocycles. The molecule has 1 N–H and O–H groups in total. The fourth-order valence-corrected chi connectivity index (χ4v) is 2.02. The summed E-state index contributed by atoms with van der Waals surface area (Å²) in [5.41, 5.74) is 0.248. The van der Waals surface area contributed by atoms with E-state index in [0.717, 1.165) is 11.8 Å². The Balaban J connectivity index is 0.000000163. The molecule has 90 valence electrons. The first kappa shape index (κ1) is 12.8. The van der Waals surface area contributed by atoms with E-state index in [4.69, 9.17) is 5.11 Å². The number of hydrogen-bond acceptors (Lipinski definition) is 2. The fraction of sp³-hybridized carbons (Fsp3) is 0.615. The highest BCUT2D eigenvalue weighted by molar-refractivity contribution is 5.86. The van der Waals surface area contributed by atoms with E-state index in [1.807, 2.05) is 0 Å². The number of hydrogen-bond donors (Lipinski definition) is 1. The Morgan fingerprint density at radius 3 is 1.88 bits per heavy atom. The van der Waals surface area contributed by atoms with E-state index < -0.39 is 5.97 Å². The smallest absolute Gasteiger partial charge is 0.334 e. The lowest BCUT2D eigenvalue weighted by molar-refractivity contribution is -0.132. The number of ether oxygens (including phenoxy) is 1. The van der Waals surface area contributed by atoms with Crippen molar-refractivity contribution < 1.29 is 14.6 Å². The molecule has 16 heavy (non-hydrogen) atoms. The second kappa shape index (κ2) is 5.73. The van der Waals surface area contributed by atoms with Crippen LogP contribution in [0.1, 0.15) is 33.1 Å². The van der Waals surface area contributed by atoms with E-state index in [1.54, 1.807) is 6.92 Å². The second-order valence-electron chi connectivity index (χ2n) is 4.41. The first-order valence-corrected chi connectivity index (χ1v) is 5.67. The van der Waals surface area contributed by atoms with E-state index in [-0.39, 0.29) is 5.57 Å². The molecule has 3 heteroatoms. The molecule has 2 unspecified atom stereocenters. The van der Waals surface area contributed by atoms with Crippen molar-refractivity contribution >= 4 is 5.97 Å². The fourth-order valence-electron chi connectivity index (χ4n) is 2.02. The van der Waals surface area contributed by atoms with E-state index >= 15 is 0 Å². The zero-order chi connectivity index (χ0) is 12.1. The molecule has 2 aliphatic carbocycles. The van der Waals surface area contributed by atoms with Gasteiger partial charge in [-0.3, -0.25) is 0 Å². The lowest BCUT2D eigenvalue weighted by atomic mass is 10.1. The number of carboxylic acid groups (broad SMARTS) is 1. The maximum Gasteiger partial charge on any atom is 0.334 e. The molecule has 2 rings (SSSR count). The standard InChI is InChI=1S/C7H10.C6H10O3/c1-2-7-4-3-6(1)5-7;1-4(6(7)8)5(2)9-3/h1-2,6-7H,3-5H2;1-3H3,(H,7,8). The summed E-state index contributed by atoms with van der Waals surface area (Å²) in [6, 6.07) is 0. The zero-order valence-corrected chi connectivity index (χ0v) is 10.2. The van der Waals surface area contributed by atoms with Gasteiger partial charge >= 0.3 is 5.97 Å². The number of carbonyl (C=O) groups is 1. The first-order chi connectivity index (χ1) is 7.54. The van der Waals surface area contributed by atoms with Crippen LogP contribution in [0.2, 0.25) is 0 Å². The van der Waals surface area contributed by atoms with Gasteiger partial charge in [0.05, 0.1) is 12.7 Å². The third-order valence-electron chi connectivity index (χ3n) is 3.32.